The van der Waals surface area contributed by atoms with Crippen LogP contribution >= 0.6 is 0 Å². The normalized spacial score (nSPS) is 17.6. The van der Waals surface area contributed by atoms with E-state index in [4.69, 9.17) is 5.73 Å². The fourth-order valence-electron chi connectivity index (χ4n) is 5.07. The number of hydrogen-bond donors (Lipinski definition) is 3. The first-order valence-corrected chi connectivity index (χ1v) is 12.6. The van der Waals surface area contributed by atoms with E-state index < -0.39 is 11.9 Å². The van der Waals surface area contributed by atoms with Gasteiger partial charge in [-0.05, 0) is 24.5 Å². The van der Waals surface area contributed by atoms with Crippen LogP contribution in [-0.2, 0) is 9.59 Å². The van der Waals surface area contributed by atoms with Crippen LogP contribution in [0.15, 0.2) is 54.6 Å². The quantitative estimate of drug-likeness (QED) is 0.458. The molecule has 0 spiro atoms. The molecule has 1 saturated carbocycles. The minimum Gasteiger partial charge on any atom is -0.368 e. The molecule has 0 radical (unpaired) electrons. The van der Waals surface area contributed by atoms with Crippen LogP contribution in [-0.4, -0.2) is 70.4 Å². The van der Waals surface area contributed by atoms with Gasteiger partial charge in [-0.3, -0.25) is 24.4 Å². The number of carbonyl (C=O) groups excluding carboxylic acids is 3. The number of carbonyl (C=O) groups is 3. The van der Waals surface area contributed by atoms with Gasteiger partial charge in [0.25, 0.3) is 5.91 Å². The van der Waals surface area contributed by atoms with Crippen molar-refractivity contribution in [1.29, 1.82) is 0 Å². The van der Waals surface area contributed by atoms with Crippen LogP contribution in [0.4, 0.5) is 0 Å². The third kappa shape index (κ3) is 6.09. The van der Waals surface area contributed by atoms with Crippen LogP contribution in [0.1, 0.15) is 54.2 Å². The van der Waals surface area contributed by atoms with Gasteiger partial charge in [0.05, 0.1) is 5.52 Å². The molecule has 0 bridgehead atoms. The fraction of sp³-hybridized carbons (Fsp3) is 0.407. The monoisotopic (exact) mass is 490 g/mol. The largest absolute Gasteiger partial charge is 0.368 e. The standard InChI is InChI=1S/C18H24N4O.C9H10N2O2/c23-18(17-15-8-4-5-9-16(15)19-20-17)22-12-10-21(11-13-22)14-6-2-1-3-7-14;10-9(13)8(11-6-12)7-4-2-1-3-5-7/h4-5,8-9,14H,1-3,6-7,10-13H2,(H,19,20);1-6,8H,(H2,10,13)(H,11,12). The first kappa shape index (κ1) is 25.4. The molecule has 2 fully saturated rings. The van der Waals surface area contributed by atoms with E-state index in [-0.39, 0.29) is 5.91 Å². The minimum absolute atomic E-state index is 0.0609. The molecule has 190 valence electrons. The highest BCUT2D eigenvalue weighted by atomic mass is 16.2. The molecule has 4 N–H and O–H groups in total. The predicted molar refractivity (Wildman–Crippen MR) is 138 cm³/mol. The Morgan fingerprint density at radius 3 is 2.31 bits per heavy atom. The van der Waals surface area contributed by atoms with E-state index >= 15 is 0 Å². The number of piperazine rings is 1. The highest BCUT2D eigenvalue weighted by molar-refractivity contribution is 6.04. The Morgan fingerprint density at radius 1 is 0.972 bits per heavy atom. The van der Waals surface area contributed by atoms with E-state index in [1.54, 1.807) is 24.3 Å². The van der Waals surface area contributed by atoms with E-state index in [9.17, 15) is 14.4 Å². The van der Waals surface area contributed by atoms with E-state index in [0.29, 0.717) is 17.7 Å². The number of para-hydroxylation sites is 1. The van der Waals surface area contributed by atoms with Crippen molar-refractivity contribution in [3.05, 3.63) is 65.9 Å². The summed E-state index contributed by atoms with van der Waals surface area (Å²) in [7, 11) is 0. The van der Waals surface area contributed by atoms with Crippen LogP contribution in [0.5, 0.6) is 0 Å². The van der Waals surface area contributed by atoms with Gasteiger partial charge < -0.3 is 16.0 Å². The predicted octanol–water partition coefficient (Wildman–Crippen LogP) is 2.61. The fourth-order valence-corrected chi connectivity index (χ4v) is 5.07. The van der Waals surface area contributed by atoms with Crippen LogP contribution in [0.3, 0.4) is 0 Å². The summed E-state index contributed by atoms with van der Waals surface area (Å²) >= 11 is 0. The highest BCUT2D eigenvalue weighted by Gasteiger charge is 2.28. The van der Waals surface area contributed by atoms with Gasteiger partial charge >= 0.3 is 0 Å². The zero-order chi connectivity index (χ0) is 25.3. The van der Waals surface area contributed by atoms with Crippen molar-refractivity contribution in [1.82, 2.24) is 25.3 Å². The Kier molecular flexibility index (Phi) is 8.67. The van der Waals surface area contributed by atoms with E-state index in [2.05, 4.69) is 20.4 Å². The summed E-state index contributed by atoms with van der Waals surface area (Å²) in [6.07, 6.45) is 7.24. The number of amides is 3. The highest BCUT2D eigenvalue weighted by Crippen LogP contribution is 2.24. The molecule has 1 unspecified atom stereocenters. The first-order valence-electron chi connectivity index (χ1n) is 12.6. The van der Waals surface area contributed by atoms with Crippen molar-refractivity contribution in [2.24, 2.45) is 5.73 Å². The smallest absolute Gasteiger partial charge is 0.275 e. The molecule has 2 aromatic carbocycles. The summed E-state index contributed by atoms with van der Waals surface area (Å²) in [4.78, 5) is 38.4. The number of aromatic amines is 1. The van der Waals surface area contributed by atoms with E-state index in [0.717, 1.165) is 43.1 Å². The number of benzene rings is 2. The van der Waals surface area contributed by atoms with Crippen LogP contribution in [0.2, 0.25) is 0 Å². The van der Waals surface area contributed by atoms with Crippen LogP contribution in [0, 0.1) is 0 Å². The minimum atomic E-state index is -0.737. The second kappa shape index (κ2) is 12.3. The van der Waals surface area contributed by atoms with Crippen molar-refractivity contribution in [2.45, 2.75) is 44.2 Å². The molecular weight excluding hydrogens is 456 g/mol. The number of primary amides is 1. The second-order valence-corrected chi connectivity index (χ2v) is 9.27. The number of nitrogens with zero attached hydrogens (tertiary/aromatic N) is 3. The maximum absolute atomic E-state index is 12.8. The Labute approximate surface area is 211 Å². The molecule has 3 aromatic rings. The average molecular weight is 491 g/mol. The first-order chi connectivity index (χ1) is 17.6. The Morgan fingerprint density at radius 2 is 1.64 bits per heavy atom. The average Bonchev–Trinajstić information content (AvgIpc) is 3.37. The third-order valence-electron chi connectivity index (χ3n) is 7.02. The van der Waals surface area contributed by atoms with Gasteiger partial charge in [0.2, 0.25) is 12.3 Å². The molecule has 9 heteroatoms. The Hall–Kier alpha value is -3.72. The molecule has 1 aromatic heterocycles. The number of nitrogens with one attached hydrogen (secondary N) is 2. The van der Waals surface area contributed by atoms with Crippen molar-refractivity contribution in [3.8, 4) is 0 Å². The molecule has 36 heavy (non-hydrogen) atoms. The summed E-state index contributed by atoms with van der Waals surface area (Å²) in [6.45, 7) is 3.63. The van der Waals surface area contributed by atoms with Gasteiger partial charge in [0, 0.05) is 37.6 Å². The number of aromatic nitrogens is 2. The summed E-state index contributed by atoms with van der Waals surface area (Å²) in [5, 5.41) is 10.5. The second-order valence-electron chi connectivity index (χ2n) is 9.27. The molecular formula is C27H34N6O3. The number of fused-ring (bicyclic) bond motifs is 1. The van der Waals surface area contributed by atoms with Gasteiger partial charge in [0.1, 0.15) is 6.04 Å². The summed E-state index contributed by atoms with van der Waals surface area (Å²) in [6, 6.07) is 16.7. The van der Waals surface area contributed by atoms with Gasteiger partial charge in [-0.15, -0.1) is 0 Å². The topological polar surface area (TPSA) is 124 Å². The molecule has 1 aliphatic carbocycles. The zero-order valence-corrected chi connectivity index (χ0v) is 20.4. The van der Waals surface area contributed by atoms with Gasteiger partial charge in [-0.1, -0.05) is 67.8 Å². The molecule has 5 rings (SSSR count). The maximum atomic E-state index is 12.8. The molecule has 2 heterocycles. The van der Waals surface area contributed by atoms with Crippen molar-refractivity contribution in [3.63, 3.8) is 0 Å². The lowest BCUT2D eigenvalue weighted by atomic mass is 9.94. The van der Waals surface area contributed by atoms with E-state index in [1.165, 1.54) is 32.1 Å². The number of rotatable bonds is 6. The number of H-pyrrole nitrogens is 1. The van der Waals surface area contributed by atoms with Gasteiger partial charge in [0.15, 0.2) is 5.69 Å². The van der Waals surface area contributed by atoms with Crippen LogP contribution in [0.25, 0.3) is 10.9 Å². The molecule has 2 aliphatic rings. The molecule has 1 atom stereocenters. The summed E-state index contributed by atoms with van der Waals surface area (Å²) in [5.41, 5.74) is 7.27. The third-order valence-corrected chi connectivity index (χ3v) is 7.02. The summed E-state index contributed by atoms with van der Waals surface area (Å²) < 4.78 is 0. The number of nitrogens with two attached hydrogens (primary N) is 1. The van der Waals surface area contributed by atoms with Crippen molar-refractivity contribution in [2.75, 3.05) is 26.2 Å². The van der Waals surface area contributed by atoms with Crippen molar-refractivity contribution < 1.29 is 14.4 Å². The lowest BCUT2D eigenvalue weighted by Gasteiger charge is -2.40. The maximum Gasteiger partial charge on any atom is 0.275 e. The van der Waals surface area contributed by atoms with Crippen LogP contribution < -0.4 is 11.1 Å². The summed E-state index contributed by atoms with van der Waals surface area (Å²) in [5.74, 6) is -0.510. The lowest BCUT2D eigenvalue weighted by molar-refractivity contribution is -0.122. The van der Waals surface area contributed by atoms with Gasteiger partial charge in [-0.25, -0.2) is 0 Å². The Balaban J connectivity index is 0.000000200. The SMILES string of the molecule is NC(=O)C(NC=O)c1ccccc1.O=C(c1n[nH]c2ccccc12)N1CCN(C2CCCCC2)CC1. The zero-order valence-electron chi connectivity index (χ0n) is 20.4. The van der Waals surface area contributed by atoms with E-state index in [1.807, 2.05) is 35.2 Å². The number of hydrogen-bond acceptors (Lipinski definition) is 5. The molecule has 1 aliphatic heterocycles. The molecule has 3 amide bonds. The lowest BCUT2D eigenvalue weighted by Crippen LogP contribution is -2.52. The Bertz CT molecular complexity index is 1150. The molecule has 9 nitrogen and oxygen atoms in total. The molecule has 1 saturated heterocycles. The van der Waals surface area contributed by atoms with Gasteiger partial charge in [-0.2, -0.15) is 5.10 Å². The van der Waals surface area contributed by atoms with Crippen molar-refractivity contribution >= 4 is 29.1 Å².